The van der Waals surface area contributed by atoms with Gasteiger partial charge in [-0.05, 0) is 29.3 Å². The second-order valence-electron chi connectivity index (χ2n) is 5.92. The molecule has 0 bridgehead atoms. The summed E-state index contributed by atoms with van der Waals surface area (Å²) in [6, 6.07) is 10.4. The number of amides is 1. The maximum Gasteiger partial charge on any atom is 0.254 e. The van der Waals surface area contributed by atoms with Crippen LogP contribution in [0.15, 0.2) is 54.9 Å². The van der Waals surface area contributed by atoms with E-state index in [2.05, 4.69) is 10.4 Å². The molecule has 2 aromatic carbocycles. The van der Waals surface area contributed by atoms with Crippen molar-refractivity contribution in [3.05, 3.63) is 88.2 Å². The zero-order valence-corrected chi connectivity index (χ0v) is 14.8. The van der Waals surface area contributed by atoms with E-state index in [-0.39, 0.29) is 12.1 Å². The van der Waals surface area contributed by atoms with E-state index in [1.165, 1.54) is 12.3 Å². The molecule has 0 fully saturated rings. The number of carbonyl (C=O) groups excluding carboxylic acids is 1. The van der Waals surface area contributed by atoms with Crippen molar-refractivity contribution >= 4 is 17.5 Å². The van der Waals surface area contributed by atoms with Crippen LogP contribution >= 0.6 is 11.6 Å². The highest BCUT2D eigenvalue weighted by atomic mass is 35.5. The van der Waals surface area contributed by atoms with E-state index in [0.717, 1.165) is 17.7 Å². The molecule has 0 spiro atoms. The molecule has 0 radical (unpaired) electrons. The molecule has 0 saturated carbocycles. The summed E-state index contributed by atoms with van der Waals surface area (Å²) >= 11 is 6.11. The lowest BCUT2D eigenvalue weighted by Gasteiger charge is -2.12. The number of rotatable bonds is 6. The largest absolute Gasteiger partial charge is 0.387 e. The van der Waals surface area contributed by atoms with Crippen molar-refractivity contribution in [2.24, 2.45) is 0 Å². The minimum absolute atomic E-state index is 0.153. The molecule has 1 unspecified atom stereocenters. The number of aliphatic hydroxyl groups is 1. The minimum Gasteiger partial charge on any atom is -0.387 e. The van der Waals surface area contributed by atoms with Gasteiger partial charge in [-0.2, -0.15) is 5.10 Å². The average Bonchev–Trinajstić information content (AvgIpc) is 3.12. The van der Waals surface area contributed by atoms with Gasteiger partial charge in [-0.3, -0.25) is 9.48 Å². The number of nitrogens with zero attached hydrogens (tertiary/aromatic N) is 2. The van der Waals surface area contributed by atoms with Crippen molar-refractivity contribution < 1.29 is 18.7 Å². The van der Waals surface area contributed by atoms with E-state index in [1.807, 2.05) is 18.2 Å². The summed E-state index contributed by atoms with van der Waals surface area (Å²) in [7, 11) is 0. The summed E-state index contributed by atoms with van der Waals surface area (Å²) in [5.41, 5.74) is 1.34. The number of aliphatic hydroxyl groups excluding tert-OH is 1. The van der Waals surface area contributed by atoms with Crippen LogP contribution in [0, 0.1) is 11.6 Å². The van der Waals surface area contributed by atoms with Crippen LogP contribution in [0.3, 0.4) is 0 Å². The van der Waals surface area contributed by atoms with Crippen molar-refractivity contribution in [3.63, 3.8) is 0 Å². The van der Waals surface area contributed by atoms with E-state index < -0.39 is 23.6 Å². The molecule has 27 heavy (non-hydrogen) atoms. The van der Waals surface area contributed by atoms with Crippen molar-refractivity contribution in [1.29, 1.82) is 0 Å². The Labute approximate surface area is 159 Å². The third kappa shape index (κ3) is 4.69. The molecule has 2 N–H and O–H groups in total. The first kappa shape index (κ1) is 19.0. The van der Waals surface area contributed by atoms with Crippen LogP contribution in [0.25, 0.3) is 0 Å². The van der Waals surface area contributed by atoms with Crippen LogP contribution in [0.5, 0.6) is 0 Å². The fourth-order valence-corrected chi connectivity index (χ4v) is 2.69. The number of nitrogens with one attached hydrogen (secondary N) is 1. The third-order valence-electron chi connectivity index (χ3n) is 3.97. The molecule has 3 aromatic rings. The highest BCUT2D eigenvalue weighted by Crippen LogP contribution is 2.17. The Balaban J connectivity index is 1.59. The molecule has 1 atom stereocenters. The van der Waals surface area contributed by atoms with Gasteiger partial charge < -0.3 is 10.4 Å². The smallest absolute Gasteiger partial charge is 0.254 e. The quantitative estimate of drug-likeness (QED) is 0.677. The Bertz CT molecular complexity index is 962. The zero-order valence-electron chi connectivity index (χ0n) is 14.1. The molecular formula is C19H16ClF2N3O2. The third-order valence-corrected chi connectivity index (χ3v) is 4.34. The Morgan fingerprint density at radius 2 is 2.00 bits per heavy atom. The van der Waals surface area contributed by atoms with E-state index in [0.29, 0.717) is 17.1 Å². The molecule has 8 heteroatoms. The summed E-state index contributed by atoms with van der Waals surface area (Å²) in [5.74, 6) is -2.50. The summed E-state index contributed by atoms with van der Waals surface area (Å²) in [4.78, 5) is 12.2. The standard InChI is InChI=1S/C19H16ClF2N3O2/c20-15-4-2-1-3-13(15)10-25-11-14(8-24-25)19(27)23-9-18(26)12-5-6-16(21)17(22)7-12/h1-8,11,18,26H,9-10H2,(H,23,27). The monoisotopic (exact) mass is 391 g/mol. The zero-order chi connectivity index (χ0) is 19.4. The van der Waals surface area contributed by atoms with Gasteiger partial charge in [0.2, 0.25) is 0 Å². The van der Waals surface area contributed by atoms with Crippen LogP contribution in [0.1, 0.15) is 27.6 Å². The van der Waals surface area contributed by atoms with E-state index >= 15 is 0 Å². The van der Waals surface area contributed by atoms with Gasteiger partial charge in [0.15, 0.2) is 11.6 Å². The SMILES string of the molecule is O=C(NCC(O)c1ccc(F)c(F)c1)c1cnn(Cc2ccccc2Cl)c1. The van der Waals surface area contributed by atoms with E-state index in [4.69, 9.17) is 11.6 Å². The van der Waals surface area contributed by atoms with Gasteiger partial charge in [0.1, 0.15) is 0 Å². The predicted octanol–water partition coefficient (Wildman–Crippen LogP) is 3.33. The van der Waals surface area contributed by atoms with E-state index in [1.54, 1.807) is 16.9 Å². The molecule has 1 heterocycles. The van der Waals surface area contributed by atoms with Gasteiger partial charge in [0.05, 0.1) is 24.4 Å². The van der Waals surface area contributed by atoms with Crippen molar-refractivity contribution in [1.82, 2.24) is 15.1 Å². The number of hydrogen-bond acceptors (Lipinski definition) is 3. The number of hydrogen-bond donors (Lipinski definition) is 2. The second-order valence-corrected chi connectivity index (χ2v) is 6.32. The molecule has 1 amide bonds. The lowest BCUT2D eigenvalue weighted by molar-refractivity contribution is 0.0916. The Hall–Kier alpha value is -2.77. The van der Waals surface area contributed by atoms with Crippen LogP contribution in [0.4, 0.5) is 8.78 Å². The molecule has 0 aliphatic heterocycles. The normalized spacial score (nSPS) is 12.0. The first-order valence-corrected chi connectivity index (χ1v) is 8.49. The lowest BCUT2D eigenvalue weighted by Crippen LogP contribution is -2.28. The van der Waals surface area contributed by atoms with Crippen LogP contribution < -0.4 is 5.32 Å². The van der Waals surface area contributed by atoms with Crippen molar-refractivity contribution in [2.75, 3.05) is 6.54 Å². The van der Waals surface area contributed by atoms with Crippen LogP contribution in [-0.4, -0.2) is 27.3 Å². The molecule has 0 aliphatic rings. The molecular weight excluding hydrogens is 376 g/mol. The maximum atomic E-state index is 13.2. The Morgan fingerprint density at radius 1 is 1.22 bits per heavy atom. The fourth-order valence-electron chi connectivity index (χ4n) is 2.50. The summed E-state index contributed by atoms with van der Waals surface area (Å²) < 4.78 is 27.7. The molecule has 0 aliphatic carbocycles. The van der Waals surface area contributed by atoms with Gasteiger partial charge in [-0.15, -0.1) is 0 Å². The number of carbonyl (C=O) groups is 1. The average molecular weight is 392 g/mol. The highest BCUT2D eigenvalue weighted by molar-refractivity contribution is 6.31. The van der Waals surface area contributed by atoms with E-state index in [9.17, 15) is 18.7 Å². The Kier molecular flexibility index (Phi) is 5.83. The van der Waals surface area contributed by atoms with Gasteiger partial charge in [0.25, 0.3) is 5.91 Å². The Morgan fingerprint density at radius 3 is 2.74 bits per heavy atom. The summed E-state index contributed by atoms with van der Waals surface area (Å²) in [6.07, 6.45) is 1.79. The first-order valence-electron chi connectivity index (χ1n) is 8.11. The predicted molar refractivity (Wildman–Crippen MR) is 96.4 cm³/mol. The number of aromatic nitrogens is 2. The lowest BCUT2D eigenvalue weighted by atomic mass is 10.1. The first-order chi connectivity index (χ1) is 12.9. The molecule has 1 aromatic heterocycles. The molecule has 140 valence electrons. The number of benzene rings is 2. The van der Waals surface area contributed by atoms with Crippen LogP contribution in [0.2, 0.25) is 5.02 Å². The molecule has 0 saturated heterocycles. The van der Waals surface area contributed by atoms with Gasteiger partial charge in [0, 0.05) is 17.8 Å². The summed E-state index contributed by atoms with van der Waals surface area (Å²) in [5, 5.41) is 17.3. The van der Waals surface area contributed by atoms with Gasteiger partial charge in [-0.1, -0.05) is 35.9 Å². The second kappa shape index (κ2) is 8.28. The highest BCUT2D eigenvalue weighted by Gasteiger charge is 2.14. The van der Waals surface area contributed by atoms with Gasteiger partial charge >= 0.3 is 0 Å². The molecule has 5 nitrogen and oxygen atoms in total. The fraction of sp³-hybridized carbons (Fsp3) is 0.158. The summed E-state index contributed by atoms with van der Waals surface area (Å²) in [6.45, 7) is 0.254. The molecule has 3 rings (SSSR count). The minimum atomic E-state index is -1.16. The maximum absolute atomic E-state index is 13.2. The number of halogens is 3. The topological polar surface area (TPSA) is 67.2 Å². The van der Waals surface area contributed by atoms with Crippen LogP contribution in [-0.2, 0) is 6.54 Å². The van der Waals surface area contributed by atoms with Gasteiger partial charge in [-0.25, -0.2) is 8.78 Å². The van der Waals surface area contributed by atoms with Crippen molar-refractivity contribution in [3.8, 4) is 0 Å². The van der Waals surface area contributed by atoms with Crippen molar-refractivity contribution in [2.45, 2.75) is 12.6 Å².